The van der Waals surface area contributed by atoms with Crippen molar-refractivity contribution in [1.29, 1.82) is 0 Å². The molecule has 7 heteroatoms. The van der Waals surface area contributed by atoms with Gasteiger partial charge in [-0.1, -0.05) is 26.8 Å². The molecule has 1 aliphatic rings. The van der Waals surface area contributed by atoms with E-state index in [4.69, 9.17) is 4.74 Å². The van der Waals surface area contributed by atoms with Crippen molar-refractivity contribution in [2.24, 2.45) is 5.92 Å². The minimum atomic E-state index is -0.353. The zero-order chi connectivity index (χ0) is 19.7. The van der Waals surface area contributed by atoms with Gasteiger partial charge >= 0.3 is 6.09 Å². The number of nitrogens with zero attached hydrogens (tertiary/aromatic N) is 4. The van der Waals surface area contributed by atoms with Crippen LogP contribution < -0.4 is 10.2 Å². The summed E-state index contributed by atoms with van der Waals surface area (Å²) in [6.07, 6.45) is 6.36. The highest BCUT2D eigenvalue weighted by atomic mass is 16.6. The fraction of sp³-hybridized carbons (Fsp3) is 0.381. The number of anilines is 2. The molecule has 3 aromatic heterocycles. The Hall–Kier alpha value is -3.09. The summed E-state index contributed by atoms with van der Waals surface area (Å²) < 4.78 is 7.34. The fourth-order valence-electron chi connectivity index (χ4n) is 3.59. The van der Waals surface area contributed by atoms with Crippen LogP contribution in [0, 0.1) is 5.92 Å². The quantitative estimate of drug-likeness (QED) is 0.692. The Morgan fingerprint density at radius 2 is 2.18 bits per heavy atom. The molecule has 0 aliphatic carbocycles. The number of aromatic nitrogens is 3. The summed E-state index contributed by atoms with van der Waals surface area (Å²) in [5.74, 6) is 1.34. The van der Waals surface area contributed by atoms with E-state index in [0.29, 0.717) is 18.4 Å². The first kappa shape index (κ1) is 18.3. The summed E-state index contributed by atoms with van der Waals surface area (Å²) in [6, 6.07) is 10.1. The highest BCUT2D eigenvalue weighted by Gasteiger charge is 2.37. The van der Waals surface area contributed by atoms with Crippen molar-refractivity contribution in [2.45, 2.75) is 39.3 Å². The topological polar surface area (TPSA) is 71.8 Å². The van der Waals surface area contributed by atoms with Crippen molar-refractivity contribution in [2.75, 3.05) is 16.8 Å². The Bertz CT molecular complexity index is 951. The second-order valence-corrected chi connectivity index (χ2v) is 7.41. The SMILES string of the molecule is CCC(Nc1nccc(N2C(=O)OCC2C(C)C)n1)c1cc2ccccn2c1. The Kier molecular flexibility index (Phi) is 4.90. The molecule has 7 nitrogen and oxygen atoms in total. The average molecular weight is 379 g/mol. The number of amides is 1. The highest BCUT2D eigenvalue weighted by Crippen LogP contribution is 2.28. The first-order valence-electron chi connectivity index (χ1n) is 9.69. The van der Waals surface area contributed by atoms with Crippen LogP contribution in [0.5, 0.6) is 0 Å². The number of ether oxygens (including phenoxy) is 1. The molecule has 3 aromatic rings. The predicted octanol–water partition coefficient (Wildman–Crippen LogP) is 4.27. The van der Waals surface area contributed by atoms with Crippen LogP contribution >= 0.6 is 0 Å². The van der Waals surface area contributed by atoms with Crippen LogP contribution in [0.2, 0.25) is 0 Å². The zero-order valence-electron chi connectivity index (χ0n) is 16.4. The van der Waals surface area contributed by atoms with Crippen molar-refractivity contribution in [1.82, 2.24) is 14.4 Å². The van der Waals surface area contributed by atoms with Crippen molar-refractivity contribution in [3.05, 3.63) is 54.5 Å². The normalized spacial score (nSPS) is 17.9. The standard InChI is InChI=1S/C21H25N5O2/c1-4-17(15-11-16-7-5-6-10-25(16)12-15)23-20-22-9-8-19(24-20)26-18(14(2)3)13-28-21(26)27/h5-12,14,17-18H,4,13H2,1-3H3,(H,22,23,24). The molecule has 1 fully saturated rings. The van der Waals surface area contributed by atoms with Gasteiger partial charge in [-0.15, -0.1) is 0 Å². The minimum Gasteiger partial charge on any atom is -0.447 e. The van der Waals surface area contributed by atoms with E-state index in [2.05, 4.69) is 58.8 Å². The lowest BCUT2D eigenvalue weighted by atomic mass is 10.0. The number of rotatable bonds is 6. The molecule has 0 aromatic carbocycles. The monoisotopic (exact) mass is 379 g/mol. The van der Waals surface area contributed by atoms with Crippen molar-refractivity contribution in [3.63, 3.8) is 0 Å². The van der Waals surface area contributed by atoms with Crippen LogP contribution in [-0.2, 0) is 4.74 Å². The number of carbonyl (C=O) groups excluding carboxylic acids is 1. The van der Waals surface area contributed by atoms with E-state index in [1.807, 2.05) is 18.3 Å². The molecule has 2 atom stereocenters. The summed E-state index contributed by atoms with van der Waals surface area (Å²) in [5.41, 5.74) is 2.32. The number of cyclic esters (lactones) is 1. The van der Waals surface area contributed by atoms with E-state index in [1.54, 1.807) is 17.2 Å². The van der Waals surface area contributed by atoms with Gasteiger partial charge in [0.15, 0.2) is 0 Å². The van der Waals surface area contributed by atoms with E-state index in [-0.39, 0.29) is 24.1 Å². The maximum absolute atomic E-state index is 12.2. The van der Waals surface area contributed by atoms with Crippen molar-refractivity contribution in [3.8, 4) is 0 Å². The fourth-order valence-corrected chi connectivity index (χ4v) is 3.59. The van der Waals surface area contributed by atoms with Gasteiger partial charge < -0.3 is 14.5 Å². The van der Waals surface area contributed by atoms with Gasteiger partial charge in [-0.3, -0.25) is 4.90 Å². The molecule has 1 saturated heterocycles. The third-order valence-corrected chi connectivity index (χ3v) is 5.20. The van der Waals surface area contributed by atoms with Gasteiger partial charge in [0, 0.05) is 24.1 Å². The number of hydrogen-bond acceptors (Lipinski definition) is 5. The zero-order valence-corrected chi connectivity index (χ0v) is 16.4. The largest absolute Gasteiger partial charge is 0.447 e. The van der Waals surface area contributed by atoms with Gasteiger partial charge in [-0.2, -0.15) is 4.98 Å². The Balaban J connectivity index is 1.59. The van der Waals surface area contributed by atoms with Gasteiger partial charge in [0.25, 0.3) is 0 Å². The van der Waals surface area contributed by atoms with Crippen molar-refractivity contribution < 1.29 is 9.53 Å². The van der Waals surface area contributed by atoms with Crippen LogP contribution in [0.4, 0.5) is 16.6 Å². The molecule has 2 unspecified atom stereocenters. The average Bonchev–Trinajstić information content (AvgIpc) is 3.29. The van der Waals surface area contributed by atoms with E-state index in [1.165, 1.54) is 5.56 Å². The molecular formula is C21H25N5O2. The molecule has 0 radical (unpaired) electrons. The summed E-state index contributed by atoms with van der Waals surface area (Å²) in [7, 11) is 0. The smallest absolute Gasteiger partial charge is 0.415 e. The van der Waals surface area contributed by atoms with Crippen molar-refractivity contribution >= 4 is 23.4 Å². The van der Waals surface area contributed by atoms with Crippen LogP contribution in [0.3, 0.4) is 0 Å². The van der Waals surface area contributed by atoms with Crippen LogP contribution in [0.25, 0.3) is 5.52 Å². The molecule has 146 valence electrons. The molecule has 0 bridgehead atoms. The maximum Gasteiger partial charge on any atom is 0.415 e. The summed E-state index contributed by atoms with van der Waals surface area (Å²) in [5, 5.41) is 3.41. The molecular weight excluding hydrogens is 354 g/mol. The van der Waals surface area contributed by atoms with Crippen LogP contribution in [0.15, 0.2) is 48.9 Å². The van der Waals surface area contributed by atoms with Gasteiger partial charge in [0.05, 0.1) is 12.1 Å². The number of hydrogen-bond donors (Lipinski definition) is 1. The number of fused-ring (bicyclic) bond motifs is 1. The van der Waals surface area contributed by atoms with Gasteiger partial charge in [0.2, 0.25) is 5.95 Å². The first-order valence-corrected chi connectivity index (χ1v) is 9.69. The van der Waals surface area contributed by atoms with Crippen LogP contribution in [-0.4, -0.2) is 33.1 Å². The lowest BCUT2D eigenvalue weighted by Gasteiger charge is -2.24. The predicted molar refractivity (Wildman–Crippen MR) is 109 cm³/mol. The minimum absolute atomic E-state index is 0.0194. The molecule has 1 aliphatic heterocycles. The van der Waals surface area contributed by atoms with Crippen LogP contribution in [0.1, 0.15) is 38.8 Å². The molecule has 0 saturated carbocycles. The second-order valence-electron chi connectivity index (χ2n) is 7.41. The number of carbonyl (C=O) groups is 1. The first-order chi connectivity index (χ1) is 13.6. The lowest BCUT2D eigenvalue weighted by Crippen LogP contribution is -2.37. The van der Waals surface area contributed by atoms with E-state index >= 15 is 0 Å². The molecule has 4 rings (SSSR count). The van der Waals surface area contributed by atoms with Gasteiger partial charge in [-0.05, 0) is 42.2 Å². The summed E-state index contributed by atoms with van der Waals surface area (Å²) in [6.45, 7) is 6.66. The Labute approximate surface area is 164 Å². The lowest BCUT2D eigenvalue weighted by molar-refractivity contribution is 0.177. The molecule has 28 heavy (non-hydrogen) atoms. The maximum atomic E-state index is 12.2. The Morgan fingerprint density at radius 1 is 1.32 bits per heavy atom. The third kappa shape index (κ3) is 3.40. The summed E-state index contributed by atoms with van der Waals surface area (Å²) in [4.78, 5) is 22.8. The number of nitrogens with one attached hydrogen (secondary N) is 1. The van der Waals surface area contributed by atoms with E-state index in [9.17, 15) is 4.79 Å². The molecule has 1 amide bonds. The van der Waals surface area contributed by atoms with E-state index in [0.717, 1.165) is 11.9 Å². The molecule has 1 N–H and O–H groups in total. The second kappa shape index (κ2) is 7.50. The van der Waals surface area contributed by atoms with Gasteiger partial charge in [0.1, 0.15) is 12.4 Å². The molecule has 4 heterocycles. The molecule has 0 spiro atoms. The van der Waals surface area contributed by atoms with Gasteiger partial charge in [-0.25, -0.2) is 9.78 Å². The Morgan fingerprint density at radius 3 is 2.93 bits per heavy atom. The van der Waals surface area contributed by atoms with E-state index < -0.39 is 0 Å². The third-order valence-electron chi connectivity index (χ3n) is 5.20. The number of pyridine rings is 1. The highest BCUT2D eigenvalue weighted by molar-refractivity contribution is 5.89. The summed E-state index contributed by atoms with van der Waals surface area (Å²) >= 11 is 0.